The summed E-state index contributed by atoms with van der Waals surface area (Å²) in [6.45, 7) is 1.22. The predicted octanol–water partition coefficient (Wildman–Crippen LogP) is 1.82. The third kappa shape index (κ3) is 4.12. The summed E-state index contributed by atoms with van der Waals surface area (Å²) in [6, 6.07) is 9.57. The van der Waals surface area contributed by atoms with E-state index in [4.69, 9.17) is 0 Å². The van der Waals surface area contributed by atoms with Crippen LogP contribution in [0.15, 0.2) is 48.8 Å². The maximum Gasteiger partial charge on any atom is 0.325 e. The lowest BCUT2D eigenvalue weighted by atomic mass is 10.2. The largest absolute Gasteiger partial charge is 0.354 e. The molecule has 25 heavy (non-hydrogen) atoms. The Hall–Kier alpha value is -2.96. The quantitative estimate of drug-likeness (QED) is 0.871. The molecular weight excluding hydrogens is 323 g/mol. The molecule has 130 valence electrons. The molecule has 3 amide bonds. The summed E-state index contributed by atoms with van der Waals surface area (Å²) in [4.78, 5) is 31.1. The van der Waals surface area contributed by atoms with Gasteiger partial charge in [-0.2, -0.15) is 0 Å². The molecule has 1 aliphatic heterocycles. The highest BCUT2D eigenvalue weighted by Crippen LogP contribution is 2.23. The van der Waals surface area contributed by atoms with Crippen LogP contribution in [0, 0.1) is 5.82 Å². The van der Waals surface area contributed by atoms with E-state index in [0.29, 0.717) is 26.1 Å². The average Bonchev–Trinajstić information content (AvgIpc) is 2.97. The van der Waals surface area contributed by atoms with Gasteiger partial charge < -0.3 is 10.2 Å². The van der Waals surface area contributed by atoms with Crippen LogP contribution in [-0.4, -0.2) is 48.0 Å². The molecule has 0 bridgehead atoms. The Morgan fingerprint density at radius 1 is 1.16 bits per heavy atom. The Morgan fingerprint density at radius 3 is 2.68 bits per heavy atom. The number of rotatable bonds is 6. The minimum absolute atomic E-state index is 0.0276. The number of hydrogen-bond donors (Lipinski definition) is 1. The Kier molecular flexibility index (Phi) is 5.23. The second kappa shape index (κ2) is 7.74. The number of carbonyl (C=O) groups excluding carboxylic acids is 2. The first kappa shape index (κ1) is 16.9. The van der Waals surface area contributed by atoms with E-state index in [1.165, 1.54) is 15.9 Å². The van der Waals surface area contributed by atoms with Crippen LogP contribution in [0.4, 0.5) is 14.9 Å². The molecule has 3 rings (SSSR count). The van der Waals surface area contributed by atoms with Crippen LogP contribution in [0.5, 0.6) is 0 Å². The first-order valence-corrected chi connectivity index (χ1v) is 8.12. The van der Waals surface area contributed by atoms with Crippen LogP contribution in [0.1, 0.15) is 5.56 Å². The normalized spacial score (nSPS) is 14.0. The second-order valence-electron chi connectivity index (χ2n) is 5.76. The first-order valence-electron chi connectivity index (χ1n) is 8.12. The van der Waals surface area contributed by atoms with Gasteiger partial charge in [0.05, 0.1) is 5.69 Å². The standard InChI is InChI=1S/C18H19FN4O2/c19-15-3-1-2-4-16(15)23-12-11-22(18(23)25)13-17(24)21-10-7-14-5-8-20-9-6-14/h1-6,8-9H,7,10-13H2,(H,21,24). The molecule has 0 spiro atoms. The van der Waals surface area contributed by atoms with Crippen molar-refractivity contribution >= 4 is 17.6 Å². The summed E-state index contributed by atoms with van der Waals surface area (Å²) in [5.74, 6) is -0.669. The molecule has 0 radical (unpaired) electrons. The predicted molar refractivity (Wildman–Crippen MR) is 91.7 cm³/mol. The Morgan fingerprint density at radius 2 is 1.92 bits per heavy atom. The molecule has 2 heterocycles. The number of anilines is 1. The molecule has 6 nitrogen and oxygen atoms in total. The molecule has 7 heteroatoms. The molecule has 1 aromatic carbocycles. The third-order valence-corrected chi connectivity index (χ3v) is 4.06. The van der Waals surface area contributed by atoms with E-state index < -0.39 is 5.82 Å². The van der Waals surface area contributed by atoms with Gasteiger partial charge in [0.1, 0.15) is 12.4 Å². The van der Waals surface area contributed by atoms with Gasteiger partial charge in [-0.15, -0.1) is 0 Å². The maximum atomic E-state index is 13.8. The van der Waals surface area contributed by atoms with Crippen molar-refractivity contribution in [3.05, 3.63) is 60.2 Å². The van der Waals surface area contributed by atoms with Gasteiger partial charge in [-0.05, 0) is 36.2 Å². The molecule has 1 aliphatic rings. The SMILES string of the molecule is O=C(CN1CCN(c2ccccc2F)C1=O)NCCc1ccncc1. The molecule has 1 aromatic heterocycles. The zero-order valence-corrected chi connectivity index (χ0v) is 13.7. The van der Waals surface area contributed by atoms with Crippen LogP contribution in [-0.2, 0) is 11.2 Å². The molecule has 0 unspecified atom stereocenters. The lowest BCUT2D eigenvalue weighted by Gasteiger charge is -2.18. The van der Waals surface area contributed by atoms with Crippen molar-refractivity contribution in [3.8, 4) is 0 Å². The number of pyridine rings is 1. The Balaban J connectivity index is 1.49. The summed E-state index contributed by atoms with van der Waals surface area (Å²) in [5, 5.41) is 2.80. The van der Waals surface area contributed by atoms with E-state index in [1.807, 2.05) is 12.1 Å². The van der Waals surface area contributed by atoms with E-state index in [0.717, 1.165) is 5.56 Å². The smallest absolute Gasteiger partial charge is 0.325 e. The molecule has 1 N–H and O–H groups in total. The van der Waals surface area contributed by atoms with E-state index in [1.54, 1.807) is 30.6 Å². The highest BCUT2D eigenvalue weighted by atomic mass is 19.1. The van der Waals surface area contributed by atoms with Crippen molar-refractivity contribution in [1.82, 2.24) is 15.2 Å². The van der Waals surface area contributed by atoms with Crippen molar-refractivity contribution in [2.24, 2.45) is 0 Å². The van der Waals surface area contributed by atoms with Crippen molar-refractivity contribution in [1.29, 1.82) is 0 Å². The number of urea groups is 1. The lowest BCUT2D eigenvalue weighted by Crippen LogP contribution is -2.40. The zero-order valence-electron chi connectivity index (χ0n) is 13.7. The summed E-state index contributed by atoms with van der Waals surface area (Å²) in [7, 11) is 0. The van der Waals surface area contributed by atoms with Crippen LogP contribution >= 0.6 is 0 Å². The minimum Gasteiger partial charge on any atom is -0.354 e. The van der Waals surface area contributed by atoms with E-state index in [9.17, 15) is 14.0 Å². The number of benzene rings is 1. The van der Waals surface area contributed by atoms with Gasteiger partial charge in [0.2, 0.25) is 5.91 Å². The minimum atomic E-state index is -0.445. The molecule has 0 aliphatic carbocycles. The van der Waals surface area contributed by atoms with Crippen molar-refractivity contribution in [2.45, 2.75) is 6.42 Å². The van der Waals surface area contributed by atoms with Gasteiger partial charge in [-0.1, -0.05) is 12.1 Å². The van der Waals surface area contributed by atoms with Gasteiger partial charge in [0.15, 0.2) is 0 Å². The molecular formula is C18H19FN4O2. The van der Waals surface area contributed by atoms with Crippen LogP contribution in [0.2, 0.25) is 0 Å². The Bertz CT molecular complexity index is 754. The fourth-order valence-electron chi connectivity index (χ4n) is 2.75. The number of aromatic nitrogens is 1. The lowest BCUT2D eigenvalue weighted by molar-refractivity contribution is -0.121. The van der Waals surface area contributed by atoms with Crippen LogP contribution in [0.3, 0.4) is 0 Å². The van der Waals surface area contributed by atoms with E-state index in [2.05, 4.69) is 10.3 Å². The van der Waals surface area contributed by atoms with Crippen LogP contribution < -0.4 is 10.2 Å². The fourth-order valence-corrected chi connectivity index (χ4v) is 2.75. The van der Waals surface area contributed by atoms with Crippen molar-refractivity contribution < 1.29 is 14.0 Å². The molecule has 1 saturated heterocycles. The summed E-state index contributed by atoms with van der Waals surface area (Å²) in [6.07, 6.45) is 4.11. The third-order valence-electron chi connectivity index (χ3n) is 4.06. The maximum absolute atomic E-state index is 13.8. The van der Waals surface area contributed by atoms with Gasteiger partial charge in [-0.3, -0.25) is 14.7 Å². The Labute approximate surface area is 145 Å². The highest BCUT2D eigenvalue weighted by molar-refractivity contribution is 5.96. The fraction of sp³-hybridized carbons (Fsp3) is 0.278. The number of nitrogens with one attached hydrogen (secondary N) is 1. The zero-order chi connectivity index (χ0) is 17.6. The van der Waals surface area contributed by atoms with E-state index >= 15 is 0 Å². The van der Waals surface area contributed by atoms with E-state index in [-0.39, 0.29) is 24.2 Å². The van der Waals surface area contributed by atoms with Crippen molar-refractivity contribution in [3.63, 3.8) is 0 Å². The molecule has 0 atom stereocenters. The number of hydrogen-bond acceptors (Lipinski definition) is 3. The first-order chi connectivity index (χ1) is 12.1. The van der Waals surface area contributed by atoms with Gasteiger partial charge in [0, 0.05) is 32.0 Å². The average molecular weight is 342 g/mol. The number of nitrogens with zero attached hydrogens (tertiary/aromatic N) is 3. The van der Waals surface area contributed by atoms with Crippen LogP contribution in [0.25, 0.3) is 0 Å². The number of para-hydroxylation sites is 1. The number of halogens is 1. The summed E-state index contributed by atoms with van der Waals surface area (Å²) in [5.41, 5.74) is 1.33. The van der Waals surface area contributed by atoms with Gasteiger partial charge in [-0.25, -0.2) is 9.18 Å². The van der Waals surface area contributed by atoms with Crippen molar-refractivity contribution in [2.75, 3.05) is 31.1 Å². The summed E-state index contributed by atoms with van der Waals surface area (Å²) < 4.78 is 13.8. The number of carbonyl (C=O) groups is 2. The molecule has 2 aromatic rings. The molecule has 0 saturated carbocycles. The number of amides is 3. The second-order valence-corrected chi connectivity index (χ2v) is 5.76. The summed E-state index contributed by atoms with van der Waals surface area (Å²) >= 11 is 0. The highest BCUT2D eigenvalue weighted by Gasteiger charge is 2.31. The topological polar surface area (TPSA) is 65.5 Å². The molecule has 1 fully saturated rings. The van der Waals surface area contributed by atoms with Gasteiger partial charge >= 0.3 is 6.03 Å². The monoisotopic (exact) mass is 342 g/mol. The van der Waals surface area contributed by atoms with Gasteiger partial charge in [0.25, 0.3) is 0 Å².